The quantitative estimate of drug-likeness (QED) is 0.733. The van der Waals surface area contributed by atoms with Gasteiger partial charge in [0.15, 0.2) is 9.84 Å². The van der Waals surface area contributed by atoms with Gasteiger partial charge in [0.25, 0.3) is 0 Å². The van der Waals surface area contributed by atoms with E-state index in [0.29, 0.717) is 27.8 Å². The van der Waals surface area contributed by atoms with E-state index < -0.39 is 15.4 Å². The Balaban J connectivity index is 1.75. The van der Waals surface area contributed by atoms with Crippen molar-refractivity contribution in [3.05, 3.63) is 52.5 Å². The van der Waals surface area contributed by atoms with E-state index in [-0.39, 0.29) is 11.7 Å². The first-order chi connectivity index (χ1) is 12.2. The summed E-state index contributed by atoms with van der Waals surface area (Å²) in [6.45, 7) is 1.82. The highest BCUT2D eigenvalue weighted by Gasteiger charge is 2.31. The van der Waals surface area contributed by atoms with Crippen LogP contribution in [0.4, 0.5) is 0 Å². The Hall–Kier alpha value is -1.07. The second kappa shape index (κ2) is 7.51. The lowest BCUT2D eigenvalue weighted by Crippen LogP contribution is -2.32. The molecule has 0 saturated heterocycles. The molecule has 2 aromatic carbocycles. The van der Waals surface area contributed by atoms with Crippen LogP contribution in [0.15, 0.2) is 47.4 Å². The molecule has 1 N–H and O–H groups in total. The molecule has 0 amide bonds. The molecule has 0 aliphatic heterocycles. The van der Waals surface area contributed by atoms with Gasteiger partial charge < -0.3 is 5.11 Å². The molecule has 1 aliphatic rings. The molecule has 0 bridgehead atoms. The number of benzene rings is 2. The summed E-state index contributed by atoms with van der Waals surface area (Å²) >= 11 is 12.1. The van der Waals surface area contributed by atoms with Crippen LogP contribution in [0.2, 0.25) is 10.0 Å². The van der Waals surface area contributed by atoms with Crippen LogP contribution < -0.4 is 0 Å². The molecule has 26 heavy (non-hydrogen) atoms. The summed E-state index contributed by atoms with van der Waals surface area (Å²) in [5.74, 6) is 0.232. The summed E-state index contributed by atoms with van der Waals surface area (Å²) in [6.07, 6.45) is 2.79. The lowest BCUT2D eigenvalue weighted by Gasteiger charge is -2.32. The average Bonchev–Trinajstić information content (AvgIpc) is 2.57. The van der Waals surface area contributed by atoms with Gasteiger partial charge in [-0.05, 0) is 68.4 Å². The maximum absolute atomic E-state index is 12.7. The first kappa shape index (κ1) is 19.7. The van der Waals surface area contributed by atoms with Crippen molar-refractivity contribution < 1.29 is 13.5 Å². The zero-order valence-corrected chi connectivity index (χ0v) is 16.9. The van der Waals surface area contributed by atoms with Crippen molar-refractivity contribution in [1.29, 1.82) is 0 Å². The Morgan fingerprint density at radius 1 is 1.08 bits per heavy atom. The molecule has 0 heterocycles. The van der Waals surface area contributed by atoms with Gasteiger partial charge >= 0.3 is 0 Å². The summed E-state index contributed by atoms with van der Waals surface area (Å²) in [5, 5.41) is 11.1. The van der Waals surface area contributed by atoms with Crippen molar-refractivity contribution in [1.82, 2.24) is 0 Å². The van der Waals surface area contributed by atoms with Gasteiger partial charge in [0.05, 0.1) is 16.2 Å². The fraction of sp³-hybridized carbons (Fsp3) is 0.400. The van der Waals surface area contributed by atoms with E-state index in [4.69, 9.17) is 23.2 Å². The molecule has 0 unspecified atom stereocenters. The standard InChI is InChI=1S/C20H22Cl2O3S/c1-20(23)10-8-14(9-11-20)13-26(24,25)17-5-2-15(3-6-17)18-7-4-16(21)12-19(18)22/h2-7,12,14,23H,8-11,13H2,1H3. The van der Waals surface area contributed by atoms with Crippen molar-refractivity contribution in [2.45, 2.75) is 43.1 Å². The minimum atomic E-state index is -3.35. The third-order valence-corrected chi connectivity index (χ3v) is 7.54. The Morgan fingerprint density at radius 2 is 1.69 bits per heavy atom. The maximum Gasteiger partial charge on any atom is 0.178 e. The van der Waals surface area contributed by atoms with Crippen molar-refractivity contribution in [3.8, 4) is 11.1 Å². The maximum atomic E-state index is 12.7. The van der Waals surface area contributed by atoms with E-state index in [1.807, 2.05) is 13.0 Å². The molecule has 0 atom stereocenters. The first-order valence-corrected chi connectivity index (χ1v) is 11.1. The Morgan fingerprint density at radius 3 is 2.27 bits per heavy atom. The van der Waals surface area contributed by atoms with E-state index in [1.165, 1.54) is 0 Å². The van der Waals surface area contributed by atoms with E-state index in [9.17, 15) is 13.5 Å². The molecular weight excluding hydrogens is 391 g/mol. The summed E-state index contributed by atoms with van der Waals surface area (Å²) in [4.78, 5) is 0.323. The van der Waals surface area contributed by atoms with Gasteiger partial charge in [-0.3, -0.25) is 0 Å². The molecule has 0 spiro atoms. The van der Waals surface area contributed by atoms with Crippen molar-refractivity contribution in [2.24, 2.45) is 5.92 Å². The summed E-state index contributed by atoms with van der Waals surface area (Å²) in [7, 11) is -3.35. The smallest absolute Gasteiger partial charge is 0.178 e. The summed E-state index contributed by atoms with van der Waals surface area (Å²) in [6, 6.07) is 12.1. The van der Waals surface area contributed by atoms with Gasteiger partial charge in [-0.25, -0.2) is 8.42 Å². The normalized spacial score (nSPS) is 23.8. The van der Waals surface area contributed by atoms with Crippen LogP contribution >= 0.6 is 23.2 Å². The largest absolute Gasteiger partial charge is 0.390 e. The lowest BCUT2D eigenvalue weighted by molar-refractivity contribution is 0.0108. The Labute approximate surface area is 164 Å². The lowest BCUT2D eigenvalue weighted by atomic mass is 9.81. The van der Waals surface area contributed by atoms with Crippen LogP contribution in [0, 0.1) is 5.92 Å². The topological polar surface area (TPSA) is 54.4 Å². The minimum absolute atomic E-state index is 0.102. The number of hydrogen-bond donors (Lipinski definition) is 1. The molecule has 2 aromatic rings. The zero-order chi connectivity index (χ0) is 18.9. The van der Waals surface area contributed by atoms with Gasteiger partial charge in [-0.2, -0.15) is 0 Å². The molecule has 3 rings (SSSR count). The minimum Gasteiger partial charge on any atom is -0.390 e. The summed E-state index contributed by atoms with van der Waals surface area (Å²) < 4.78 is 25.4. The average molecular weight is 413 g/mol. The number of sulfone groups is 1. The van der Waals surface area contributed by atoms with Gasteiger partial charge in [0.1, 0.15) is 0 Å². The van der Waals surface area contributed by atoms with Crippen molar-refractivity contribution >= 4 is 33.0 Å². The molecule has 1 fully saturated rings. The van der Waals surface area contributed by atoms with E-state index >= 15 is 0 Å². The van der Waals surface area contributed by atoms with Crippen LogP contribution in [-0.2, 0) is 9.84 Å². The third-order valence-electron chi connectivity index (χ3n) is 5.09. The molecular formula is C20H22Cl2O3S. The van der Waals surface area contributed by atoms with Crippen LogP contribution in [0.25, 0.3) is 11.1 Å². The fourth-order valence-corrected chi connectivity index (χ4v) is 5.65. The first-order valence-electron chi connectivity index (χ1n) is 8.67. The van der Waals surface area contributed by atoms with Crippen LogP contribution in [0.3, 0.4) is 0 Å². The zero-order valence-electron chi connectivity index (χ0n) is 14.6. The molecule has 0 aromatic heterocycles. The van der Waals surface area contributed by atoms with Crippen molar-refractivity contribution in [2.75, 3.05) is 5.75 Å². The van der Waals surface area contributed by atoms with Gasteiger partial charge in [-0.15, -0.1) is 0 Å². The van der Waals surface area contributed by atoms with E-state index in [2.05, 4.69) is 0 Å². The molecule has 6 heteroatoms. The number of halogens is 2. The Bertz CT molecular complexity index is 880. The Kier molecular flexibility index (Phi) is 5.69. The SMILES string of the molecule is CC1(O)CCC(CS(=O)(=O)c2ccc(-c3ccc(Cl)cc3Cl)cc2)CC1. The highest BCUT2D eigenvalue weighted by Crippen LogP contribution is 2.34. The van der Waals surface area contributed by atoms with Crippen LogP contribution in [-0.4, -0.2) is 24.9 Å². The second-order valence-electron chi connectivity index (χ2n) is 7.37. The second-order valence-corrected chi connectivity index (χ2v) is 10.2. The predicted octanol–water partition coefficient (Wildman–Crippen LogP) is 5.38. The van der Waals surface area contributed by atoms with Crippen molar-refractivity contribution in [3.63, 3.8) is 0 Å². The van der Waals surface area contributed by atoms with Gasteiger partial charge in [0.2, 0.25) is 0 Å². The molecule has 0 radical (unpaired) electrons. The van der Waals surface area contributed by atoms with Crippen LogP contribution in [0.5, 0.6) is 0 Å². The fourth-order valence-electron chi connectivity index (χ4n) is 3.44. The molecule has 1 aliphatic carbocycles. The predicted molar refractivity (Wildman–Crippen MR) is 107 cm³/mol. The van der Waals surface area contributed by atoms with E-state index in [0.717, 1.165) is 24.0 Å². The molecule has 3 nitrogen and oxygen atoms in total. The number of rotatable bonds is 4. The van der Waals surface area contributed by atoms with Gasteiger partial charge in [-0.1, -0.05) is 41.4 Å². The highest BCUT2D eigenvalue weighted by atomic mass is 35.5. The number of hydrogen-bond acceptors (Lipinski definition) is 3. The summed E-state index contributed by atoms with van der Waals surface area (Å²) in [5.41, 5.74) is 1.01. The van der Waals surface area contributed by atoms with E-state index in [1.54, 1.807) is 36.4 Å². The third kappa shape index (κ3) is 4.61. The highest BCUT2D eigenvalue weighted by molar-refractivity contribution is 7.91. The number of aliphatic hydroxyl groups is 1. The molecule has 140 valence electrons. The molecule has 1 saturated carbocycles. The monoisotopic (exact) mass is 412 g/mol. The van der Waals surface area contributed by atoms with Crippen LogP contribution in [0.1, 0.15) is 32.6 Å². The van der Waals surface area contributed by atoms with Gasteiger partial charge in [0, 0.05) is 15.6 Å².